The number of imide groups is 1. The van der Waals surface area contributed by atoms with Crippen LogP contribution in [0.25, 0.3) is 16.6 Å². The molecule has 0 spiro atoms. The smallest absolute Gasteiger partial charge is 0.318 e. The molecule has 3 amide bonds. The molecule has 9 heteroatoms. The van der Waals surface area contributed by atoms with E-state index < -0.39 is 17.2 Å². The van der Waals surface area contributed by atoms with Crippen molar-refractivity contribution in [3.8, 4) is 5.69 Å². The van der Waals surface area contributed by atoms with Gasteiger partial charge in [0, 0.05) is 5.02 Å². The summed E-state index contributed by atoms with van der Waals surface area (Å²) in [5.74, 6) is -0.575. The zero-order valence-electron chi connectivity index (χ0n) is 15.1. The van der Waals surface area contributed by atoms with Crippen molar-refractivity contribution in [1.82, 2.24) is 14.9 Å². The summed E-state index contributed by atoms with van der Waals surface area (Å²) >= 11 is 7.09. The van der Waals surface area contributed by atoms with Gasteiger partial charge < -0.3 is 5.73 Å². The van der Waals surface area contributed by atoms with Crippen molar-refractivity contribution in [3.63, 3.8) is 0 Å². The van der Waals surface area contributed by atoms with Gasteiger partial charge in [0.15, 0.2) is 5.16 Å². The Kier molecular flexibility index (Phi) is 5.71. The average Bonchev–Trinajstić information content (AvgIpc) is 2.61. The van der Waals surface area contributed by atoms with Crippen LogP contribution in [0.15, 0.2) is 52.4 Å². The first-order valence-electron chi connectivity index (χ1n) is 8.32. The van der Waals surface area contributed by atoms with Crippen molar-refractivity contribution < 1.29 is 9.59 Å². The number of hydrogen-bond donors (Lipinski definition) is 2. The summed E-state index contributed by atoms with van der Waals surface area (Å²) in [5.41, 5.74) is 6.75. The van der Waals surface area contributed by atoms with E-state index in [1.54, 1.807) is 31.2 Å². The molecule has 3 rings (SSSR count). The summed E-state index contributed by atoms with van der Waals surface area (Å²) < 4.78 is 1.45. The molecule has 3 N–H and O–H groups in total. The number of nitrogens with zero attached hydrogens (tertiary/aromatic N) is 2. The number of fused-ring (bicyclic) bond motifs is 1. The molecule has 0 bridgehead atoms. The SMILES string of the molecule is Cc1cccc(-n2c(S[C@H](C)C(=O)NC(N)=O)nc3cc(Cl)ccc3c2=O)c1. The maximum Gasteiger partial charge on any atom is 0.318 e. The van der Waals surface area contributed by atoms with Crippen LogP contribution in [-0.4, -0.2) is 26.7 Å². The number of aryl methyl sites for hydroxylation is 1. The van der Waals surface area contributed by atoms with E-state index in [-0.39, 0.29) is 5.56 Å². The molecule has 0 unspecified atom stereocenters. The average molecular weight is 417 g/mol. The van der Waals surface area contributed by atoms with E-state index in [1.165, 1.54) is 4.57 Å². The Balaban J connectivity index is 2.18. The van der Waals surface area contributed by atoms with E-state index in [0.717, 1.165) is 17.3 Å². The maximum absolute atomic E-state index is 13.2. The van der Waals surface area contributed by atoms with Crippen molar-refractivity contribution in [3.05, 3.63) is 63.4 Å². The van der Waals surface area contributed by atoms with E-state index in [9.17, 15) is 14.4 Å². The largest absolute Gasteiger partial charge is 0.351 e. The Morgan fingerprint density at radius 2 is 2.00 bits per heavy atom. The van der Waals surface area contributed by atoms with Crippen molar-refractivity contribution in [2.45, 2.75) is 24.3 Å². The molecule has 0 saturated carbocycles. The Labute approximate surface area is 169 Å². The lowest BCUT2D eigenvalue weighted by Gasteiger charge is -2.16. The number of nitrogens with one attached hydrogen (secondary N) is 1. The summed E-state index contributed by atoms with van der Waals surface area (Å²) in [7, 11) is 0. The first-order chi connectivity index (χ1) is 13.3. The molecule has 1 heterocycles. The fourth-order valence-corrected chi connectivity index (χ4v) is 3.74. The van der Waals surface area contributed by atoms with Gasteiger partial charge >= 0.3 is 6.03 Å². The molecule has 28 heavy (non-hydrogen) atoms. The number of halogens is 1. The van der Waals surface area contributed by atoms with E-state index in [2.05, 4.69) is 4.98 Å². The molecule has 7 nitrogen and oxygen atoms in total. The summed E-state index contributed by atoms with van der Waals surface area (Å²) in [5, 5.41) is 2.48. The van der Waals surface area contributed by atoms with Crippen LogP contribution >= 0.6 is 23.4 Å². The summed E-state index contributed by atoms with van der Waals surface area (Å²) in [6, 6.07) is 11.3. The zero-order valence-corrected chi connectivity index (χ0v) is 16.7. The van der Waals surface area contributed by atoms with Crippen LogP contribution in [0.1, 0.15) is 12.5 Å². The Morgan fingerprint density at radius 1 is 1.25 bits per heavy atom. The van der Waals surface area contributed by atoms with Gasteiger partial charge in [0.05, 0.1) is 21.8 Å². The fraction of sp³-hybridized carbons (Fsp3) is 0.158. The molecule has 0 fully saturated rings. The quantitative estimate of drug-likeness (QED) is 0.502. The van der Waals surface area contributed by atoms with Crippen molar-refractivity contribution in [2.24, 2.45) is 5.73 Å². The highest BCUT2D eigenvalue weighted by molar-refractivity contribution is 8.00. The molecule has 0 radical (unpaired) electrons. The van der Waals surface area contributed by atoms with Crippen LogP contribution in [0.3, 0.4) is 0 Å². The molecule has 2 aromatic carbocycles. The van der Waals surface area contributed by atoms with Crippen LogP contribution in [0.4, 0.5) is 4.79 Å². The highest BCUT2D eigenvalue weighted by Crippen LogP contribution is 2.26. The van der Waals surface area contributed by atoms with Gasteiger partial charge in [-0.15, -0.1) is 0 Å². The van der Waals surface area contributed by atoms with E-state index >= 15 is 0 Å². The topological polar surface area (TPSA) is 107 Å². The number of amides is 3. The molecule has 0 aliphatic rings. The third kappa shape index (κ3) is 4.18. The third-order valence-electron chi connectivity index (χ3n) is 3.96. The molecule has 0 saturated heterocycles. The van der Waals surface area contributed by atoms with Gasteiger partial charge in [-0.1, -0.05) is 35.5 Å². The van der Waals surface area contributed by atoms with Crippen LogP contribution in [-0.2, 0) is 4.79 Å². The van der Waals surface area contributed by atoms with Gasteiger partial charge in [-0.05, 0) is 49.7 Å². The lowest BCUT2D eigenvalue weighted by atomic mass is 10.2. The number of carbonyl (C=O) groups excluding carboxylic acids is 2. The Bertz CT molecular complexity index is 1150. The number of thioether (sulfide) groups is 1. The number of urea groups is 1. The Hall–Kier alpha value is -2.84. The standard InChI is InChI=1S/C19H17ClN4O3S/c1-10-4-3-5-13(8-10)24-17(26)14-7-6-12(20)9-15(14)22-19(24)28-11(2)16(25)23-18(21)27/h3-9,11H,1-2H3,(H3,21,23,25,27)/t11-/m1/s1. The zero-order chi connectivity index (χ0) is 20.4. The number of rotatable bonds is 4. The van der Waals surface area contributed by atoms with Gasteiger partial charge in [-0.25, -0.2) is 9.78 Å². The highest BCUT2D eigenvalue weighted by atomic mass is 35.5. The minimum absolute atomic E-state index is 0.280. The number of primary amides is 1. The monoisotopic (exact) mass is 416 g/mol. The summed E-state index contributed by atoms with van der Waals surface area (Å²) in [6.45, 7) is 3.51. The number of nitrogens with two attached hydrogens (primary N) is 1. The minimum atomic E-state index is -0.938. The third-order valence-corrected chi connectivity index (χ3v) is 5.25. The number of carbonyl (C=O) groups is 2. The molecule has 144 valence electrons. The van der Waals surface area contributed by atoms with Crippen LogP contribution in [0.2, 0.25) is 5.02 Å². The van der Waals surface area contributed by atoms with Crippen LogP contribution < -0.4 is 16.6 Å². The van der Waals surface area contributed by atoms with E-state index in [0.29, 0.717) is 26.8 Å². The lowest BCUT2D eigenvalue weighted by molar-refractivity contribution is -0.119. The molecule has 1 aromatic heterocycles. The lowest BCUT2D eigenvalue weighted by Crippen LogP contribution is -2.39. The fourth-order valence-electron chi connectivity index (χ4n) is 2.65. The maximum atomic E-state index is 13.2. The van der Waals surface area contributed by atoms with Gasteiger partial charge in [0.25, 0.3) is 5.56 Å². The second kappa shape index (κ2) is 8.04. The highest BCUT2D eigenvalue weighted by Gasteiger charge is 2.21. The second-order valence-electron chi connectivity index (χ2n) is 6.15. The number of hydrogen-bond acceptors (Lipinski definition) is 5. The molecule has 0 aliphatic heterocycles. The first-order valence-corrected chi connectivity index (χ1v) is 9.58. The predicted octanol–water partition coefficient (Wildman–Crippen LogP) is 3.02. The molecule has 1 atom stereocenters. The first kappa shape index (κ1) is 19.9. The normalized spacial score (nSPS) is 12.0. The van der Waals surface area contributed by atoms with Crippen LogP contribution in [0, 0.1) is 6.92 Å². The molecule has 0 aliphatic carbocycles. The molecule has 3 aromatic rings. The van der Waals surface area contributed by atoms with Crippen molar-refractivity contribution in [1.29, 1.82) is 0 Å². The number of benzene rings is 2. The summed E-state index contributed by atoms with van der Waals surface area (Å²) in [6.07, 6.45) is 0. The van der Waals surface area contributed by atoms with E-state index in [1.807, 2.05) is 30.4 Å². The second-order valence-corrected chi connectivity index (χ2v) is 7.89. The van der Waals surface area contributed by atoms with Gasteiger partial charge in [0.2, 0.25) is 5.91 Å². The van der Waals surface area contributed by atoms with Gasteiger partial charge in [-0.2, -0.15) is 0 Å². The molecular formula is C19H17ClN4O3S. The summed E-state index contributed by atoms with van der Waals surface area (Å²) in [4.78, 5) is 40.8. The van der Waals surface area contributed by atoms with E-state index in [4.69, 9.17) is 17.3 Å². The molecular weight excluding hydrogens is 400 g/mol. The number of aromatic nitrogens is 2. The van der Waals surface area contributed by atoms with Crippen molar-refractivity contribution in [2.75, 3.05) is 0 Å². The van der Waals surface area contributed by atoms with Crippen molar-refractivity contribution >= 4 is 46.2 Å². The Morgan fingerprint density at radius 3 is 2.68 bits per heavy atom. The van der Waals surface area contributed by atoms with Gasteiger partial charge in [0.1, 0.15) is 0 Å². The van der Waals surface area contributed by atoms with Gasteiger partial charge in [-0.3, -0.25) is 19.5 Å². The predicted molar refractivity (Wildman–Crippen MR) is 110 cm³/mol. The van der Waals surface area contributed by atoms with Crippen LogP contribution in [0.5, 0.6) is 0 Å². The minimum Gasteiger partial charge on any atom is -0.351 e.